The third kappa shape index (κ3) is 3.15. The maximum atomic E-state index is 13.3. The van der Waals surface area contributed by atoms with E-state index in [0.29, 0.717) is 12.5 Å². The average molecular weight is 338 g/mol. The van der Waals surface area contributed by atoms with Gasteiger partial charge in [-0.3, -0.25) is 9.78 Å². The van der Waals surface area contributed by atoms with Crippen molar-refractivity contribution >= 4 is 16.8 Å². The Morgan fingerprint density at radius 3 is 2.76 bits per heavy atom. The van der Waals surface area contributed by atoms with Crippen LogP contribution in [0.15, 0.2) is 18.2 Å². The molecule has 2 fully saturated rings. The van der Waals surface area contributed by atoms with Gasteiger partial charge in [0.05, 0.1) is 11.1 Å². The van der Waals surface area contributed by atoms with Gasteiger partial charge >= 0.3 is 0 Å². The first-order valence-corrected chi connectivity index (χ1v) is 9.39. The zero-order valence-corrected chi connectivity index (χ0v) is 15.1. The normalized spacial score (nSPS) is 20.9. The van der Waals surface area contributed by atoms with Gasteiger partial charge in [0.1, 0.15) is 0 Å². The first kappa shape index (κ1) is 16.5. The number of hydrogen-bond donors (Lipinski definition) is 1. The molecular weight excluding hydrogens is 312 g/mol. The number of carbonyl (C=O) groups excluding carboxylic acids is 1. The van der Waals surface area contributed by atoms with Gasteiger partial charge in [-0.05, 0) is 63.1 Å². The van der Waals surface area contributed by atoms with Gasteiger partial charge in [-0.2, -0.15) is 0 Å². The van der Waals surface area contributed by atoms with Crippen molar-refractivity contribution in [2.75, 3.05) is 19.7 Å². The zero-order chi connectivity index (χ0) is 17.6. The second-order valence-electron chi connectivity index (χ2n) is 7.79. The lowest BCUT2D eigenvalue weighted by molar-refractivity contribution is 0.0622. The molecule has 1 aliphatic heterocycles. The number of benzene rings is 1. The number of hydrogen-bond acceptors (Lipinski definition) is 3. The van der Waals surface area contributed by atoms with Gasteiger partial charge in [0.2, 0.25) is 0 Å². The second-order valence-corrected chi connectivity index (χ2v) is 7.79. The summed E-state index contributed by atoms with van der Waals surface area (Å²) in [5.41, 5.74) is 5.12. The summed E-state index contributed by atoms with van der Waals surface area (Å²) in [7, 11) is 0. The molecule has 1 aromatic carbocycles. The molecule has 4 rings (SSSR count). The lowest BCUT2D eigenvalue weighted by atomic mass is 9.96. The third-order valence-corrected chi connectivity index (χ3v) is 5.56. The quantitative estimate of drug-likeness (QED) is 0.931. The van der Waals surface area contributed by atoms with Crippen molar-refractivity contribution in [1.82, 2.24) is 9.88 Å². The average Bonchev–Trinajstić information content (AvgIpc) is 3.45. The van der Waals surface area contributed by atoms with Gasteiger partial charge < -0.3 is 10.0 Å². The van der Waals surface area contributed by atoms with E-state index < -0.39 is 0 Å². The Hall–Kier alpha value is -1.94. The fourth-order valence-corrected chi connectivity index (χ4v) is 4.03. The van der Waals surface area contributed by atoms with Crippen LogP contribution in [-0.2, 0) is 0 Å². The predicted octanol–water partition coefficient (Wildman–Crippen LogP) is 3.57. The van der Waals surface area contributed by atoms with E-state index in [1.165, 1.54) is 12.8 Å². The molecule has 25 heavy (non-hydrogen) atoms. The molecule has 4 nitrogen and oxygen atoms in total. The first-order chi connectivity index (χ1) is 12.1. The summed E-state index contributed by atoms with van der Waals surface area (Å²) in [6.07, 6.45) is 4.32. The van der Waals surface area contributed by atoms with E-state index in [9.17, 15) is 9.90 Å². The summed E-state index contributed by atoms with van der Waals surface area (Å²) in [6.45, 7) is 5.74. The molecule has 1 aliphatic carbocycles. The zero-order valence-electron chi connectivity index (χ0n) is 15.1. The molecule has 2 aromatic rings. The molecule has 1 unspecified atom stereocenters. The van der Waals surface area contributed by atoms with Crippen molar-refractivity contribution in [2.45, 2.75) is 45.4 Å². The maximum absolute atomic E-state index is 13.3. The van der Waals surface area contributed by atoms with Crippen molar-refractivity contribution in [3.05, 3.63) is 40.6 Å². The number of aryl methyl sites for hydroxylation is 2. The Labute approximate surface area is 148 Å². The molecule has 1 atom stereocenters. The van der Waals surface area contributed by atoms with Crippen LogP contribution in [0.25, 0.3) is 10.9 Å². The molecule has 4 heteroatoms. The van der Waals surface area contributed by atoms with Crippen molar-refractivity contribution < 1.29 is 9.90 Å². The number of carbonyl (C=O) groups is 1. The monoisotopic (exact) mass is 338 g/mol. The lowest BCUT2D eigenvalue weighted by Crippen LogP contribution is -2.41. The molecule has 1 aromatic heterocycles. The highest BCUT2D eigenvalue weighted by atomic mass is 16.3. The summed E-state index contributed by atoms with van der Waals surface area (Å²) < 4.78 is 0. The van der Waals surface area contributed by atoms with E-state index in [2.05, 4.69) is 26.0 Å². The molecule has 2 heterocycles. The van der Waals surface area contributed by atoms with Crippen LogP contribution in [0.4, 0.5) is 0 Å². The van der Waals surface area contributed by atoms with Crippen molar-refractivity contribution in [3.63, 3.8) is 0 Å². The van der Waals surface area contributed by atoms with Crippen LogP contribution in [0.1, 0.15) is 58.8 Å². The van der Waals surface area contributed by atoms with Crippen LogP contribution >= 0.6 is 0 Å². The molecular formula is C21H26N2O2. The minimum Gasteiger partial charge on any atom is -0.396 e. The minimum atomic E-state index is 0.0949. The van der Waals surface area contributed by atoms with Gasteiger partial charge in [-0.15, -0.1) is 0 Å². The Kier molecular flexibility index (Phi) is 4.24. The number of pyridine rings is 1. The summed E-state index contributed by atoms with van der Waals surface area (Å²) >= 11 is 0. The third-order valence-electron chi connectivity index (χ3n) is 5.56. The van der Waals surface area contributed by atoms with Crippen LogP contribution < -0.4 is 0 Å². The number of piperidine rings is 1. The van der Waals surface area contributed by atoms with E-state index in [1.54, 1.807) is 0 Å². The second kappa shape index (κ2) is 6.41. The predicted molar refractivity (Wildman–Crippen MR) is 98.9 cm³/mol. The van der Waals surface area contributed by atoms with Crippen molar-refractivity contribution in [1.29, 1.82) is 0 Å². The number of nitrogens with zero attached hydrogens (tertiary/aromatic N) is 2. The number of fused-ring (bicyclic) bond motifs is 1. The largest absolute Gasteiger partial charge is 0.396 e. The molecule has 1 amide bonds. The molecule has 0 spiro atoms. The summed E-state index contributed by atoms with van der Waals surface area (Å²) in [5.74, 6) is 0.817. The van der Waals surface area contributed by atoms with Crippen molar-refractivity contribution in [3.8, 4) is 0 Å². The fraction of sp³-hybridized carbons (Fsp3) is 0.524. The first-order valence-electron chi connectivity index (χ1n) is 9.39. The molecule has 1 saturated heterocycles. The fourth-order valence-electron chi connectivity index (χ4n) is 4.03. The number of amides is 1. The summed E-state index contributed by atoms with van der Waals surface area (Å²) in [4.78, 5) is 20.1. The van der Waals surface area contributed by atoms with Gasteiger partial charge in [0, 0.05) is 36.7 Å². The van der Waals surface area contributed by atoms with Crippen LogP contribution in [0.3, 0.4) is 0 Å². The molecule has 132 valence electrons. The number of aromatic nitrogens is 1. The van der Waals surface area contributed by atoms with E-state index in [4.69, 9.17) is 4.98 Å². The maximum Gasteiger partial charge on any atom is 0.254 e. The van der Waals surface area contributed by atoms with E-state index in [-0.39, 0.29) is 18.4 Å². The molecule has 1 N–H and O–H groups in total. The van der Waals surface area contributed by atoms with Gasteiger partial charge in [-0.25, -0.2) is 0 Å². The number of likely N-dealkylation sites (tertiary alicyclic amines) is 1. The molecule has 0 radical (unpaired) electrons. The van der Waals surface area contributed by atoms with Crippen LogP contribution in [0.2, 0.25) is 0 Å². The number of aliphatic hydroxyl groups is 1. The topological polar surface area (TPSA) is 53.4 Å². The Morgan fingerprint density at radius 1 is 1.24 bits per heavy atom. The number of aliphatic hydroxyl groups excluding tert-OH is 1. The minimum absolute atomic E-state index is 0.0949. The van der Waals surface area contributed by atoms with E-state index in [1.807, 2.05) is 11.0 Å². The summed E-state index contributed by atoms with van der Waals surface area (Å²) in [6, 6.07) is 6.26. The summed E-state index contributed by atoms with van der Waals surface area (Å²) in [5, 5.41) is 10.5. The molecule has 2 aliphatic rings. The smallest absolute Gasteiger partial charge is 0.254 e. The highest BCUT2D eigenvalue weighted by Gasteiger charge is 2.30. The lowest BCUT2D eigenvalue weighted by Gasteiger charge is -2.32. The van der Waals surface area contributed by atoms with E-state index in [0.717, 1.165) is 52.7 Å². The standard InChI is InChI=1S/C21H26N2O2/c1-13-8-14(2)20-17(9-13)18(10-19(22-20)16-5-6-16)21(25)23-7-3-4-15(11-23)12-24/h8-10,15-16,24H,3-7,11-12H2,1-2H3. The van der Waals surface area contributed by atoms with E-state index >= 15 is 0 Å². The Balaban J connectivity index is 1.80. The number of rotatable bonds is 3. The van der Waals surface area contributed by atoms with Crippen LogP contribution in [-0.4, -0.2) is 40.6 Å². The van der Waals surface area contributed by atoms with Crippen LogP contribution in [0, 0.1) is 19.8 Å². The van der Waals surface area contributed by atoms with Gasteiger partial charge in [0.25, 0.3) is 5.91 Å². The molecule has 0 bridgehead atoms. The van der Waals surface area contributed by atoms with Gasteiger partial charge in [-0.1, -0.05) is 11.6 Å². The SMILES string of the molecule is Cc1cc(C)c2nc(C3CC3)cc(C(=O)N3CCCC(CO)C3)c2c1. The van der Waals surface area contributed by atoms with Crippen LogP contribution in [0.5, 0.6) is 0 Å². The van der Waals surface area contributed by atoms with Crippen molar-refractivity contribution in [2.24, 2.45) is 5.92 Å². The Morgan fingerprint density at radius 2 is 2.04 bits per heavy atom. The van der Waals surface area contributed by atoms with Gasteiger partial charge in [0.15, 0.2) is 0 Å². The Bertz CT molecular complexity index is 826. The highest BCUT2D eigenvalue weighted by Crippen LogP contribution is 2.41. The highest BCUT2D eigenvalue weighted by molar-refractivity contribution is 6.07. The molecule has 1 saturated carbocycles.